The number of nitrogens with zero attached hydrogens (tertiary/aromatic N) is 1. The second kappa shape index (κ2) is 8.36. The van der Waals surface area contributed by atoms with E-state index in [1.54, 1.807) is 40.3 Å². The van der Waals surface area contributed by atoms with E-state index in [2.05, 4.69) is 5.32 Å². The average molecular weight is 296 g/mol. The average Bonchev–Trinajstić information content (AvgIpc) is 2.49. The van der Waals surface area contributed by atoms with E-state index in [4.69, 9.17) is 14.2 Å². The summed E-state index contributed by atoms with van der Waals surface area (Å²) in [6, 6.07) is 3.75. The predicted molar refractivity (Wildman–Crippen MR) is 81.1 cm³/mol. The Kier molecular flexibility index (Phi) is 6.81. The van der Waals surface area contributed by atoms with E-state index in [9.17, 15) is 4.79 Å². The van der Waals surface area contributed by atoms with Gasteiger partial charge in [0.25, 0.3) is 0 Å². The van der Waals surface area contributed by atoms with Gasteiger partial charge in [-0.2, -0.15) is 0 Å². The van der Waals surface area contributed by atoms with Gasteiger partial charge >= 0.3 is 0 Å². The van der Waals surface area contributed by atoms with Crippen LogP contribution in [0.2, 0.25) is 0 Å². The van der Waals surface area contributed by atoms with Crippen molar-refractivity contribution in [3.63, 3.8) is 0 Å². The van der Waals surface area contributed by atoms with Gasteiger partial charge in [0.15, 0.2) is 11.5 Å². The number of hydrogen-bond donors (Lipinski definition) is 1. The number of hydrogen-bond acceptors (Lipinski definition) is 5. The number of ether oxygens (including phenoxy) is 3. The van der Waals surface area contributed by atoms with Crippen LogP contribution in [0.5, 0.6) is 17.2 Å². The molecule has 6 heteroatoms. The van der Waals surface area contributed by atoms with Crippen LogP contribution in [0.25, 0.3) is 0 Å². The predicted octanol–water partition coefficient (Wildman–Crippen LogP) is 1.28. The Morgan fingerprint density at radius 3 is 2.29 bits per heavy atom. The lowest BCUT2D eigenvalue weighted by Crippen LogP contribution is -2.26. The van der Waals surface area contributed by atoms with E-state index in [1.807, 2.05) is 12.1 Å². The van der Waals surface area contributed by atoms with Crippen molar-refractivity contribution < 1.29 is 19.0 Å². The molecule has 1 aromatic carbocycles. The first-order chi connectivity index (χ1) is 10.0. The maximum absolute atomic E-state index is 11.5. The minimum Gasteiger partial charge on any atom is -0.493 e. The molecule has 1 rings (SSSR count). The quantitative estimate of drug-likeness (QED) is 0.732. The molecule has 0 bridgehead atoms. The molecule has 21 heavy (non-hydrogen) atoms. The zero-order valence-corrected chi connectivity index (χ0v) is 13.4. The van der Waals surface area contributed by atoms with Gasteiger partial charge < -0.3 is 24.4 Å². The molecule has 0 aliphatic heterocycles. The Balaban J connectivity index is 2.69. The summed E-state index contributed by atoms with van der Waals surface area (Å²) in [5.74, 6) is 1.94. The first-order valence-corrected chi connectivity index (χ1v) is 6.73. The van der Waals surface area contributed by atoms with Gasteiger partial charge in [0, 0.05) is 39.2 Å². The standard InChI is InChI=1S/C15H24N2O4/c1-17(2)13(18)8-9-16-10-11-6-7-12(19-3)15(21-5)14(11)20-4/h6-7,16H,8-10H2,1-5H3. The zero-order chi connectivity index (χ0) is 15.8. The van der Waals surface area contributed by atoms with Gasteiger partial charge in [-0.05, 0) is 6.07 Å². The van der Waals surface area contributed by atoms with Crippen molar-refractivity contribution >= 4 is 5.91 Å². The van der Waals surface area contributed by atoms with Crippen LogP contribution in [0.4, 0.5) is 0 Å². The molecule has 1 aromatic rings. The van der Waals surface area contributed by atoms with Crippen LogP contribution in [0.1, 0.15) is 12.0 Å². The van der Waals surface area contributed by atoms with Crippen LogP contribution >= 0.6 is 0 Å². The third-order valence-corrected chi connectivity index (χ3v) is 3.12. The molecule has 0 atom stereocenters. The molecule has 1 N–H and O–H groups in total. The lowest BCUT2D eigenvalue weighted by molar-refractivity contribution is -0.128. The molecule has 0 aliphatic carbocycles. The molecule has 0 fully saturated rings. The monoisotopic (exact) mass is 296 g/mol. The molecule has 6 nitrogen and oxygen atoms in total. The number of nitrogens with one attached hydrogen (secondary N) is 1. The third-order valence-electron chi connectivity index (χ3n) is 3.12. The zero-order valence-electron chi connectivity index (χ0n) is 13.4. The highest BCUT2D eigenvalue weighted by molar-refractivity contribution is 5.75. The van der Waals surface area contributed by atoms with Crippen LogP contribution < -0.4 is 19.5 Å². The minimum atomic E-state index is 0.0989. The fraction of sp³-hybridized carbons (Fsp3) is 0.533. The minimum absolute atomic E-state index is 0.0989. The summed E-state index contributed by atoms with van der Waals surface area (Å²) in [5, 5.41) is 3.23. The maximum Gasteiger partial charge on any atom is 0.223 e. The lowest BCUT2D eigenvalue weighted by atomic mass is 10.1. The maximum atomic E-state index is 11.5. The normalized spacial score (nSPS) is 10.1. The Morgan fingerprint density at radius 1 is 1.10 bits per heavy atom. The molecule has 0 spiro atoms. The van der Waals surface area contributed by atoms with Gasteiger partial charge in [0.2, 0.25) is 11.7 Å². The van der Waals surface area contributed by atoms with Crippen molar-refractivity contribution in [2.45, 2.75) is 13.0 Å². The van der Waals surface area contributed by atoms with E-state index in [0.29, 0.717) is 36.8 Å². The Morgan fingerprint density at radius 2 is 1.76 bits per heavy atom. The van der Waals surface area contributed by atoms with Gasteiger partial charge in [-0.3, -0.25) is 4.79 Å². The van der Waals surface area contributed by atoms with Crippen molar-refractivity contribution in [1.82, 2.24) is 10.2 Å². The Bertz CT molecular complexity index is 475. The fourth-order valence-electron chi connectivity index (χ4n) is 1.94. The smallest absolute Gasteiger partial charge is 0.223 e. The SMILES string of the molecule is COc1ccc(CNCCC(=O)N(C)C)c(OC)c1OC. The molecule has 0 heterocycles. The number of carbonyl (C=O) groups is 1. The summed E-state index contributed by atoms with van der Waals surface area (Å²) < 4.78 is 16.0. The molecule has 0 radical (unpaired) electrons. The summed E-state index contributed by atoms with van der Waals surface area (Å²) >= 11 is 0. The van der Waals surface area contributed by atoms with Crippen LogP contribution in [0, 0.1) is 0 Å². The van der Waals surface area contributed by atoms with Crippen molar-refractivity contribution in [2.24, 2.45) is 0 Å². The number of methoxy groups -OCH3 is 3. The summed E-state index contributed by atoms with van der Waals surface area (Å²) in [6.07, 6.45) is 0.461. The Labute approximate surface area is 126 Å². The van der Waals surface area contributed by atoms with Gasteiger partial charge in [-0.15, -0.1) is 0 Å². The largest absolute Gasteiger partial charge is 0.493 e. The molecule has 1 amide bonds. The number of amides is 1. The first kappa shape index (κ1) is 17.1. The summed E-state index contributed by atoms with van der Waals surface area (Å²) in [7, 11) is 8.26. The van der Waals surface area contributed by atoms with Crippen molar-refractivity contribution in [1.29, 1.82) is 0 Å². The van der Waals surface area contributed by atoms with E-state index in [-0.39, 0.29) is 5.91 Å². The van der Waals surface area contributed by atoms with Crippen LogP contribution in [0.15, 0.2) is 12.1 Å². The highest BCUT2D eigenvalue weighted by atomic mass is 16.5. The molecular weight excluding hydrogens is 272 g/mol. The molecule has 0 aromatic heterocycles. The topological polar surface area (TPSA) is 60.0 Å². The number of carbonyl (C=O) groups excluding carboxylic acids is 1. The third kappa shape index (κ3) is 4.53. The van der Waals surface area contributed by atoms with E-state index in [1.165, 1.54) is 0 Å². The van der Waals surface area contributed by atoms with Gasteiger partial charge in [0.05, 0.1) is 21.3 Å². The van der Waals surface area contributed by atoms with Gasteiger partial charge in [-0.25, -0.2) is 0 Å². The second-order valence-electron chi connectivity index (χ2n) is 4.71. The van der Waals surface area contributed by atoms with Crippen molar-refractivity contribution in [2.75, 3.05) is 42.0 Å². The molecule has 118 valence electrons. The van der Waals surface area contributed by atoms with Crippen molar-refractivity contribution in [3.05, 3.63) is 17.7 Å². The van der Waals surface area contributed by atoms with Crippen molar-refractivity contribution in [3.8, 4) is 17.2 Å². The second-order valence-corrected chi connectivity index (χ2v) is 4.71. The van der Waals surface area contributed by atoms with E-state index < -0.39 is 0 Å². The summed E-state index contributed by atoms with van der Waals surface area (Å²) in [4.78, 5) is 13.1. The van der Waals surface area contributed by atoms with Gasteiger partial charge in [-0.1, -0.05) is 6.07 Å². The molecule has 0 unspecified atom stereocenters. The summed E-state index contributed by atoms with van der Waals surface area (Å²) in [5.41, 5.74) is 0.951. The van der Waals surface area contributed by atoms with Crippen LogP contribution in [-0.4, -0.2) is 52.8 Å². The molecule has 0 saturated carbocycles. The Hall–Kier alpha value is -1.95. The van der Waals surface area contributed by atoms with Crippen LogP contribution in [0.3, 0.4) is 0 Å². The number of benzene rings is 1. The molecule has 0 saturated heterocycles. The first-order valence-electron chi connectivity index (χ1n) is 6.73. The van der Waals surface area contributed by atoms with Gasteiger partial charge in [0.1, 0.15) is 0 Å². The highest BCUT2D eigenvalue weighted by Crippen LogP contribution is 2.39. The molecular formula is C15H24N2O4. The molecule has 0 aliphatic rings. The lowest BCUT2D eigenvalue weighted by Gasteiger charge is -2.16. The number of rotatable bonds is 8. The summed E-state index contributed by atoms with van der Waals surface area (Å²) in [6.45, 7) is 1.19. The van der Waals surface area contributed by atoms with Crippen LogP contribution in [-0.2, 0) is 11.3 Å². The van der Waals surface area contributed by atoms with E-state index >= 15 is 0 Å². The van der Waals surface area contributed by atoms with E-state index in [0.717, 1.165) is 5.56 Å². The fourth-order valence-corrected chi connectivity index (χ4v) is 1.94. The highest BCUT2D eigenvalue weighted by Gasteiger charge is 2.15.